The molecular formula is C11H10N6O. The third-order valence-electron chi connectivity index (χ3n) is 2.36. The van der Waals surface area contributed by atoms with E-state index in [-0.39, 0.29) is 0 Å². The average molecular weight is 242 g/mol. The van der Waals surface area contributed by atoms with Gasteiger partial charge in [0.15, 0.2) is 0 Å². The molecule has 0 atom stereocenters. The van der Waals surface area contributed by atoms with Gasteiger partial charge in [0.2, 0.25) is 5.82 Å². The van der Waals surface area contributed by atoms with E-state index in [1.807, 2.05) is 13.2 Å². The topological polar surface area (TPSA) is 95.7 Å². The summed E-state index contributed by atoms with van der Waals surface area (Å²) in [6.45, 7) is 0. The molecule has 2 N–H and O–H groups in total. The summed E-state index contributed by atoms with van der Waals surface area (Å²) in [6, 6.07) is 7.04. The van der Waals surface area contributed by atoms with Crippen LogP contribution in [0.5, 0.6) is 0 Å². The van der Waals surface area contributed by atoms with E-state index in [1.165, 1.54) is 0 Å². The molecule has 0 aliphatic rings. The Hall–Kier alpha value is -2.70. The molecule has 0 aliphatic heterocycles. The first-order valence-electron chi connectivity index (χ1n) is 5.29. The number of nitrogens with two attached hydrogens (primary N) is 1. The fourth-order valence-corrected chi connectivity index (χ4v) is 1.54. The van der Waals surface area contributed by atoms with E-state index in [4.69, 9.17) is 10.3 Å². The fraction of sp³-hybridized carbons (Fsp3) is 0.0909. The summed E-state index contributed by atoms with van der Waals surface area (Å²) < 4.78 is 6.81. The highest BCUT2D eigenvalue weighted by atomic mass is 16.5. The Balaban J connectivity index is 1.99. The van der Waals surface area contributed by atoms with Crippen LogP contribution in [0.25, 0.3) is 23.1 Å². The van der Waals surface area contributed by atoms with Crippen LogP contribution in [-0.4, -0.2) is 24.9 Å². The molecule has 0 saturated heterocycles. The minimum absolute atomic E-state index is 0.322. The molecule has 0 amide bonds. The monoisotopic (exact) mass is 242 g/mol. The van der Waals surface area contributed by atoms with Gasteiger partial charge in [0.05, 0.1) is 0 Å². The Morgan fingerprint density at radius 2 is 2.06 bits per heavy atom. The average Bonchev–Trinajstić information content (AvgIpc) is 2.97. The summed E-state index contributed by atoms with van der Waals surface area (Å²) in [5, 5.41) is 8.06. The van der Waals surface area contributed by atoms with Crippen molar-refractivity contribution in [2.75, 3.05) is 5.73 Å². The molecule has 3 aromatic heterocycles. The number of hydrogen-bond acceptors (Lipinski definition) is 6. The van der Waals surface area contributed by atoms with E-state index in [0.29, 0.717) is 28.9 Å². The minimum Gasteiger partial charge on any atom is -0.384 e. The molecule has 3 rings (SSSR count). The molecule has 90 valence electrons. The minimum atomic E-state index is 0.322. The first kappa shape index (κ1) is 10.5. The van der Waals surface area contributed by atoms with E-state index >= 15 is 0 Å². The molecule has 0 spiro atoms. The maximum Gasteiger partial charge on any atom is 0.276 e. The summed E-state index contributed by atoms with van der Waals surface area (Å²) in [4.78, 5) is 8.35. The van der Waals surface area contributed by atoms with Crippen LogP contribution in [-0.2, 0) is 7.05 Å². The predicted molar refractivity (Wildman–Crippen MR) is 64.1 cm³/mol. The second-order valence-corrected chi connectivity index (χ2v) is 3.75. The number of aryl methyl sites for hydroxylation is 1. The lowest BCUT2D eigenvalue weighted by atomic mass is 10.3. The van der Waals surface area contributed by atoms with Gasteiger partial charge in [-0.1, -0.05) is 11.2 Å². The van der Waals surface area contributed by atoms with Crippen molar-refractivity contribution >= 4 is 5.82 Å². The lowest BCUT2D eigenvalue weighted by molar-refractivity contribution is 0.430. The number of pyridine rings is 1. The quantitative estimate of drug-likeness (QED) is 0.723. The third-order valence-corrected chi connectivity index (χ3v) is 2.36. The van der Waals surface area contributed by atoms with Crippen molar-refractivity contribution in [3.8, 4) is 23.1 Å². The third kappa shape index (κ3) is 1.81. The number of aromatic nitrogens is 5. The van der Waals surface area contributed by atoms with Crippen molar-refractivity contribution in [2.45, 2.75) is 0 Å². The summed E-state index contributed by atoms with van der Waals surface area (Å²) in [5.74, 6) is 1.16. The van der Waals surface area contributed by atoms with Crippen LogP contribution < -0.4 is 5.73 Å². The molecular weight excluding hydrogens is 232 g/mol. The van der Waals surface area contributed by atoms with E-state index in [0.717, 1.165) is 0 Å². The van der Waals surface area contributed by atoms with E-state index in [9.17, 15) is 0 Å². The van der Waals surface area contributed by atoms with Crippen LogP contribution in [0.4, 0.5) is 5.82 Å². The van der Waals surface area contributed by atoms with Crippen molar-refractivity contribution in [2.24, 2.45) is 7.05 Å². The molecule has 7 heteroatoms. The van der Waals surface area contributed by atoms with E-state index in [2.05, 4.69) is 20.2 Å². The predicted octanol–water partition coefficient (Wildman–Crippen LogP) is 1.11. The highest BCUT2D eigenvalue weighted by Crippen LogP contribution is 2.19. The van der Waals surface area contributed by atoms with Crippen LogP contribution >= 0.6 is 0 Å². The van der Waals surface area contributed by atoms with Gasteiger partial charge in [-0.25, -0.2) is 4.98 Å². The summed E-state index contributed by atoms with van der Waals surface area (Å²) >= 11 is 0. The second-order valence-electron chi connectivity index (χ2n) is 3.75. The van der Waals surface area contributed by atoms with Crippen LogP contribution in [0, 0.1) is 0 Å². The molecule has 0 aromatic carbocycles. The van der Waals surface area contributed by atoms with Crippen molar-refractivity contribution in [1.29, 1.82) is 0 Å². The van der Waals surface area contributed by atoms with Gasteiger partial charge in [-0.3, -0.25) is 4.68 Å². The summed E-state index contributed by atoms with van der Waals surface area (Å²) in [6.07, 6.45) is 1.81. The van der Waals surface area contributed by atoms with Gasteiger partial charge in [0.25, 0.3) is 5.89 Å². The maximum absolute atomic E-state index is 5.60. The van der Waals surface area contributed by atoms with Crippen molar-refractivity contribution in [3.63, 3.8) is 0 Å². The lowest BCUT2D eigenvalue weighted by Gasteiger charge is -1.93. The van der Waals surface area contributed by atoms with Crippen LogP contribution in [0.15, 0.2) is 35.0 Å². The van der Waals surface area contributed by atoms with Gasteiger partial charge in [-0.05, 0) is 18.2 Å². The SMILES string of the molecule is Cn1ccc(-c2noc(-c3cccc(N)n3)n2)n1. The Morgan fingerprint density at radius 3 is 2.78 bits per heavy atom. The van der Waals surface area contributed by atoms with Crippen molar-refractivity contribution in [3.05, 3.63) is 30.5 Å². The van der Waals surface area contributed by atoms with Crippen molar-refractivity contribution < 1.29 is 4.52 Å². The van der Waals surface area contributed by atoms with E-state index < -0.39 is 0 Å². The second kappa shape index (κ2) is 3.95. The number of anilines is 1. The molecule has 7 nitrogen and oxygen atoms in total. The molecule has 0 fully saturated rings. The van der Waals surface area contributed by atoms with Crippen LogP contribution in [0.1, 0.15) is 0 Å². The zero-order chi connectivity index (χ0) is 12.5. The molecule has 3 aromatic rings. The number of hydrogen-bond donors (Lipinski definition) is 1. The van der Waals surface area contributed by atoms with Crippen molar-refractivity contribution in [1.82, 2.24) is 24.9 Å². The largest absolute Gasteiger partial charge is 0.384 e. The zero-order valence-corrected chi connectivity index (χ0v) is 9.61. The van der Waals surface area contributed by atoms with Gasteiger partial charge in [0, 0.05) is 13.2 Å². The smallest absolute Gasteiger partial charge is 0.276 e. The van der Waals surface area contributed by atoms with E-state index in [1.54, 1.807) is 28.9 Å². The van der Waals surface area contributed by atoms with Crippen LogP contribution in [0.2, 0.25) is 0 Å². The lowest BCUT2D eigenvalue weighted by Crippen LogP contribution is -1.91. The van der Waals surface area contributed by atoms with Gasteiger partial charge < -0.3 is 10.3 Å². The molecule has 0 aliphatic carbocycles. The molecule has 0 bridgehead atoms. The maximum atomic E-state index is 5.60. The van der Waals surface area contributed by atoms with Gasteiger partial charge in [0.1, 0.15) is 17.2 Å². The first-order chi connectivity index (χ1) is 8.72. The van der Waals surface area contributed by atoms with Gasteiger partial charge >= 0.3 is 0 Å². The summed E-state index contributed by atoms with van der Waals surface area (Å²) in [7, 11) is 1.82. The fourth-order valence-electron chi connectivity index (χ4n) is 1.54. The molecule has 0 radical (unpaired) electrons. The zero-order valence-electron chi connectivity index (χ0n) is 9.61. The van der Waals surface area contributed by atoms with Crippen LogP contribution in [0.3, 0.4) is 0 Å². The Bertz CT molecular complexity index is 686. The standard InChI is InChI=1S/C11H10N6O/c1-17-6-5-7(15-17)10-14-11(18-16-10)8-3-2-4-9(12)13-8/h2-6H,1H3,(H2,12,13). The highest BCUT2D eigenvalue weighted by molar-refractivity contribution is 5.55. The van der Waals surface area contributed by atoms with Gasteiger partial charge in [-0.2, -0.15) is 10.1 Å². The molecule has 0 unspecified atom stereocenters. The Labute approximate surface area is 102 Å². The highest BCUT2D eigenvalue weighted by Gasteiger charge is 2.13. The number of nitrogens with zero attached hydrogens (tertiary/aromatic N) is 5. The van der Waals surface area contributed by atoms with Gasteiger partial charge in [-0.15, -0.1) is 0 Å². The number of nitrogen functional groups attached to an aromatic ring is 1. The molecule has 0 saturated carbocycles. The first-order valence-corrected chi connectivity index (χ1v) is 5.29. The Kier molecular flexibility index (Phi) is 2.30. The molecule has 18 heavy (non-hydrogen) atoms. The summed E-state index contributed by atoms with van der Waals surface area (Å²) in [5.41, 5.74) is 6.80. The molecule has 3 heterocycles. The normalized spacial score (nSPS) is 10.7. The number of rotatable bonds is 2. The Morgan fingerprint density at radius 1 is 1.17 bits per heavy atom.